The predicted molar refractivity (Wildman–Crippen MR) is 150 cm³/mol. The lowest BCUT2D eigenvalue weighted by molar-refractivity contribution is -0.123. The first-order chi connectivity index (χ1) is 19.0. The fourth-order valence-corrected chi connectivity index (χ4v) is 3.21. The van der Waals surface area contributed by atoms with Crippen LogP contribution in [0.4, 0.5) is 0 Å². The van der Waals surface area contributed by atoms with Crippen LogP contribution in [0.15, 0.2) is 133 Å². The van der Waals surface area contributed by atoms with Gasteiger partial charge in [0.25, 0.3) is 11.8 Å². The van der Waals surface area contributed by atoms with E-state index in [9.17, 15) is 9.59 Å². The van der Waals surface area contributed by atoms with Crippen molar-refractivity contribution in [3.05, 3.63) is 156 Å². The maximum absolute atomic E-state index is 10.0. The molecule has 0 atom stereocenters. The summed E-state index contributed by atoms with van der Waals surface area (Å²) in [4.78, 5) is 36.8. The fourth-order valence-electron chi connectivity index (χ4n) is 3.21. The second kappa shape index (κ2) is 20.7. The number of carbonyl (C=O) groups excluding carboxylic acids is 4. The van der Waals surface area contributed by atoms with Gasteiger partial charge in [-0.2, -0.15) is 0 Å². The summed E-state index contributed by atoms with van der Waals surface area (Å²) in [6.07, 6.45) is 5.95. The largest absolute Gasteiger partial charge is 0.289 e. The maximum Gasteiger partial charge on any atom is 0.250 e. The van der Waals surface area contributed by atoms with Gasteiger partial charge in [0.15, 0.2) is 0 Å². The Bertz CT molecular complexity index is 1150. The van der Waals surface area contributed by atoms with Gasteiger partial charge in [-0.25, -0.2) is 20.4 Å². The molecule has 0 saturated carbocycles. The molecule has 5 rings (SSSR count). The molecular formula is C32H29N3O4. The molecule has 0 fully saturated rings. The summed E-state index contributed by atoms with van der Waals surface area (Å²) in [6.45, 7) is 0. The van der Waals surface area contributed by atoms with Crippen LogP contribution in [0.2, 0.25) is 0 Å². The lowest BCUT2D eigenvalue weighted by atomic mass is 10.1. The lowest BCUT2D eigenvalue weighted by Crippen LogP contribution is -2.19. The highest BCUT2D eigenvalue weighted by atomic mass is 16.2. The number of nitrogens with one attached hydrogen (secondary N) is 3. The molecule has 3 N–H and O–H groups in total. The van der Waals surface area contributed by atoms with Crippen LogP contribution in [0.3, 0.4) is 0 Å². The summed E-state index contributed by atoms with van der Waals surface area (Å²) >= 11 is 0. The van der Waals surface area contributed by atoms with Crippen molar-refractivity contribution >= 4 is 24.0 Å². The van der Waals surface area contributed by atoms with E-state index in [4.69, 9.17) is 20.4 Å². The molecule has 0 aromatic heterocycles. The van der Waals surface area contributed by atoms with E-state index in [0.717, 1.165) is 25.0 Å². The number of benzene rings is 4. The number of carbonyl (C=O) groups is 2. The van der Waals surface area contributed by atoms with Crippen LogP contribution in [0.1, 0.15) is 22.3 Å². The topological polar surface area (TPSA) is 128 Å². The van der Waals surface area contributed by atoms with Crippen molar-refractivity contribution in [1.29, 1.82) is 10.8 Å². The zero-order chi connectivity index (χ0) is 28.6. The van der Waals surface area contributed by atoms with Crippen molar-refractivity contribution in [3.63, 3.8) is 0 Å². The van der Waals surface area contributed by atoms with Crippen LogP contribution in [-0.4, -0.2) is 24.0 Å². The molecule has 0 aliphatic carbocycles. The third-order valence-electron chi connectivity index (χ3n) is 4.82. The molecule has 0 saturated heterocycles. The zero-order valence-corrected chi connectivity index (χ0v) is 21.2. The Balaban J connectivity index is 0.000000274. The summed E-state index contributed by atoms with van der Waals surface area (Å²) in [6, 6.07) is 42.1. The molecule has 1 heterocycles. The molecule has 196 valence electrons. The molecule has 39 heavy (non-hydrogen) atoms. The predicted octanol–water partition coefficient (Wildman–Crippen LogP) is 5.56. The number of rotatable bonds is 4. The summed E-state index contributed by atoms with van der Waals surface area (Å²) in [7, 11) is 0. The van der Waals surface area contributed by atoms with E-state index in [-0.39, 0.29) is 11.8 Å². The van der Waals surface area contributed by atoms with Crippen LogP contribution in [0.25, 0.3) is 0 Å². The van der Waals surface area contributed by atoms with Gasteiger partial charge in [0.1, 0.15) is 0 Å². The van der Waals surface area contributed by atoms with Crippen LogP contribution < -0.4 is 5.32 Å². The van der Waals surface area contributed by atoms with E-state index in [0.29, 0.717) is 0 Å². The van der Waals surface area contributed by atoms with E-state index in [1.807, 2.05) is 5.32 Å². The molecule has 1 aliphatic rings. The van der Waals surface area contributed by atoms with Gasteiger partial charge in [0, 0.05) is 12.2 Å². The summed E-state index contributed by atoms with van der Waals surface area (Å²) < 4.78 is 0. The third kappa shape index (κ3) is 16.0. The molecule has 4 aromatic carbocycles. The first-order valence-electron chi connectivity index (χ1n) is 11.8. The highest BCUT2D eigenvalue weighted by molar-refractivity contribution is 6.12. The lowest BCUT2D eigenvalue weighted by Gasteiger charge is -2.00. The van der Waals surface area contributed by atoms with E-state index in [1.54, 1.807) is 0 Å². The van der Waals surface area contributed by atoms with Crippen molar-refractivity contribution in [2.75, 3.05) is 0 Å². The molecule has 2 amide bonds. The minimum Gasteiger partial charge on any atom is -0.289 e. The van der Waals surface area contributed by atoms with Gasteiger partial charge in [-0.15, -0.1) is 0 Å². The fraction of sp³-hybridized carbons (Fsp3) is 0.0625. The molecule has 7 heteroatoms. The Hall–Kier alpha value is -5.48. The van der Waals surface area contributed by atoms with Gasteiger partial charge in [-0.05, 0) is 35.1 Å². The first-order valence-corrected chi connectivity index (χ1v) is 11.8. The summed E-state index contributed by atoms with van der Waals surface area (Å²) in [5.74, 6) is -0.657. The average molecular weight is 520 g/mol. The molecule has 7 nitrogen and oxygen atoms in total. The molecule has 4 aromatic rings. The van der Waals surface area contributed by atoms with Gasteiger partial charge in [0.05, 0.1) is 0 Å². The minimum atomic E-state index is -0.329. The minimum absolute atomic E-state index is 0.329. The summed E-state index contributed by atoms with van der Waals surface area (Å²) in [5.41, 5.74) is 5.48. The average Bonchev–Trinajstić information content (AvgIpc) is 3.35. The molecule has 0 unspecified atom stereocenters. The van der Waals surface area contributed by atoms with Gasteiger partial charge in [-0.1, -0.05) is 121 Å². The van der Waals surface area contributed by atoms with Crippen LogP contribution in [-0.2, 0) is 32.0 Å². The highest BCUT2D eigenvalue weighted by Crippen LogP contribution is 2.09. The molecule has 0 spiro atoms. The van der Waals surface area contributed by atoms with Crippen molar-refractivity contribution < 1.29 is 19.2 Å². The van der Waals surface area contributed by atoms with Crippen molar-refractivity contribution in [3.8, 4) is 0 Å². The Morgan fingerprint density at radius 2 is 0.667 bits per heavy atom. The Morgan fingerprint density at radius 3 is 0.821 bits per heavy atom. The number of hydrogen-bond donors (Lipinski definition) is 3. The number of isocyanates is 2. The van der Waals surface area contributed by atoms with Crippen molar-refractivity contribution in [2.24, 2.45) is 0 Å². The van der Waals surface area contributed by atoms with Gasteiger partial charge >= 0.3 is 0 Å². The second-order valence-corrected chi connectivity index (χ2v) is 7.69. The normalized spacial score (nSPS) is 10.2. The highest BCUT2D eigenvalue weighted by Gasteiger charge is 2.06. The molecule has 0 bridgehead atoms. The molecule has 1 aliphatic heterocycles. The quantitative estimate of drug-likeness (QED) is 0.185. The van der Waals surface area contributed by atoms with E-state index >= 15 is 0 Å². The number of amides is 2. The van der Waals surface area contributed by atoms with Gasteiger partial charge in [0.2, 0.25) is 12.2 Å². The van der Waals surface area contributed by atoms with Crippen molar-refractivity contribution in [1.82, 2.24) is 5.32 Å². The summed E-state index contributed by atoms with van der Waals surface area (Å²) in [5, 5.41) is 12.8. The zero-order valence-electron chi connectivity index (χ0n) is 21.2. The second-order valence-electron chi connectivity index (χ2n) is 7.69. The first kappa shape index (κ1) is 31.5. The number of imide groups is 1. The van der Waals surface area contributed by atoms with E-state index in [1.165, 1.54) is 34.4 Å². The Kier molecular flexibility index (Phi) is 16.7. The van der Waals surface area contributed by atoms with Crippen LogP contribution in [0, 0.1) is 10.8 Å². The smallest absolute Gasteiger partial charge is 0.250 e. The SMILES string of the molecule is N=C=O.N=C=O.O=C1C=CC(=O)N1.c1ccc(Cc2ccccc2)cc1.c1ccc(Cc2ccccc2)cc1. The Morgan fingerprint density at radius 1 is 0.462 bits per heavy atom. The van der Waals surface area contributed by atoms with E-state index in [2.05, 4.69) is 121 Å². The monoisotopic (exact) mass is 519 g/mol. The van der Waals surface area contributed by atoms with Crippen LogP contribution in [0.5, 0.6) is 0 Å². The van der Waals surface area contributed by atoms with Gasteiger partial charge in [-0.3, -0.25) is 14.9 Å². The van der Waals surface area contributed by atoms with E-state index < -0.39 is 0 Å². The number of hydrogen-bond acceptors (Lipinski definition) is 6. The van der Waals surface area contributed by atoms with Crippen LogP contribution >= 0.6 is 0 Å². The molecule has 0 radical (unpaired) electrons. The van der Waals surface area contributed by atoms with Crippen molar-refractivity contribution in [2.45, 2.75) is 12.8 Å². The molecular weight excluding hydrogens is 490 g/mol. The Labute approximate surface area is 227 Å². The third-order valence-corrected chi connectivity index (χ3v) is 4.82. The standard InChI is InChI=1S/2C13H12.C4H3NO2.2CHNO/c2*1-3-7-12(8-4-1)11-13-9-5-2-6-10-13;6-3-1-2-4(7)5-3;2*2-1-3/h2*1-10H,11H2;1-2H,(H,5,6,7);2*2H. The maximum atomic E-state index is 10.0. The van der Waals surface area contributed by atoms with Gasteiger partial charge < -0.3 is 0 Å².